The maximum absolute atomic E-state index is 12.3. The van der Waals surface area contributed by atoms with Crippen molar-refractivity contribution in [3.63, 3.8) is 0 Å². The first kappa shape index (κ1) is 16.5. The Bertz CT molecular complexity index is 515. The first-order valence-electron chi connectivity index (χ1n) is 5.83. The molecule has 0 spiro atoms. The normalized spacial score (nSPS) is 12.6. The van der Waals surface area contributed by atoms with E-state index in [1.807, 2.05) is 6.92 Å². The maximum atomic E-state index is 12.3. The van der Waals surface area contributed by atoms with Gasteiger partial charge in [-0.2, -0.15) is 4.31 Å². The number of sulfonamides is 1. The summed E-state index contributed by atoms with van der Waals surface area (Å²) < 4.78 is 49.6. The number of hydrogen-bond acceptors (Lipinski definition) is 4. The van der Waals surface area contributed by atoms with E-state index in [0.29, 0.717) is 15.7 Å². The minimum absolute atomic E-state index is 0.119. The summed E-state index contributed by atoms with van der Waals surface area (Å²) in [6, 6.07) is 1.56. The van der Waals surface area contributed by atoms with Crippen LogP contribution in [0.4, 0.5) is 8.78 Å². The second kappa shape index (κ2) is 6.74. The fourth-order valence-electron chi connectivity index (χ4n) is 1.58. The average molecular weight is 312 g/mol. The van der Waals surface area contributed by atoms with Gasteiger partial charge in [0.05, 0.1) is 11.4 Å². The zero-order valence-electron chi connectivity index (χ0n) is 11.1. The van der Waals surface area contributed by atoms with E-state index in [-0.39, 0.29) is 4.90 Å². The van der Waals surface area contributed by atoms with Gasteiger partial charge in [-0.05, 0) is 19.5 Å². The lowest BCUT2D eigenvalue weighted by molar-refractivity contribution is 0.126. The highest BCUT2D eigenvalue weighted by Gasteiger charge is 2.26. The highest BCUT2D eigenvalue weighted by Crippen LogP contribution is 2.28. The molecule has 8 heteroatoms. The number of nitrogens with one attached hydrogen (secondary N) is 1. The summed E-state index contributed by atoms with van der Waals surface area (Å²) in [4.78, 5) is 1.62. The highest BCUT2D eigenvalue weighted by atomic mass is 32.2. The minimum Gasteiger partial charge on any atom is -0.312 e. The summed E-state index contributed by atoms with van der Waals surface area (Å²) in [7, 11) is -2.66. The molecular weight excluding hydrogens is 294 g/mol. The van der Waals surface area contributed by atoms with Gasteiger partial charge in [0.15, 0.2) is 0 Å². The minimum atomic E-state index is -3.83. The van der Waals surface area contributed by atoms with Crippen LogP contribution in [-0.2, 0) is 16.6 Å². The molecule has 0 saturated heterocycles. The first-order chi connectivity index (χ1) is 8.78. The summed E-state index contributed by atoms with van der Waals surface area (Å²) in [6.07, 6.45) is -2.68. The van der Waals surface area contributed by atoms with Crippen LogP contribution in [0.2, 0.25) is 0 Å². The van der Waals surface area contributed by atoms with Crippen molar-refractivity contribution in [2.45, 2.75) is 31.7 Å². The van der Waals surface area contributed by atoms with Gasteiger partial charge in [-0.25, -0.2) is 17.2 Å². The number of hydrogen-bond donors (Lipinski definition) is 1. The Kier molecular flexibility index (Phi) is 5.84. The summed E-state index contributed by atoms with van der Waals surface area (Å²) in [5, 5.41) is 3.10. The number of thiophene rings is 1. The van der Waals surface area contributed by atoms with Crippen LogP contribution in [-0.4, -0.2) is 39.3 Å². The zero-order chi connectivity index (χ0) is 14.6. The molecule has 0 amide bonds. The number of aryl methyl sites for hydroxylation is 1. The van der Waals surface area contributed by atoms with Gasteiger partial charge in [-0.15, -0.1) is 11.3 Å². The van der Waals surface area contributed by atoms with Crippen molar-refractivity contribution in [2.75, 3.05) is 20.1 Å². The molecule has 1 aromatic rings. The molecule has 1 rings (SSSR count). The molecule has 0 aliphatic rings. The van der Waals surface area contributed by atoms with Gasteiger partial charge in [-0.1, -0.05) is 6.92 Å². The molecule has 0 atom stereocenters. The SMILES string of the molecule is CCNCc1cc(S(=O)(=O)N(C)CC(F)F)c(C)s1. The van der Waals surface area contributed by atoms with E-state index in [2.05, 4.69) is 5.32 Å². The molecule has 1 heterocycles. The number of rotatable bonds is 7. The van der Waals surface area contributed by atoms with E-state index in [9.17, 15) is 17.2 Å². The van der Waals surface area contributed by atoms with Gasteiger partial charge in [0.1, 0.15) is 0 Å². The Balaban J connectivity index is 2.98. The third-order valence-electron chi connectivity index (χ3n) is 2.56. The Hall–Kier alpha value is -0.570. The average Bonchev–Trinajstić information content (AvgIpc) is 2.67. The quantitative estimate of drug-likeness (QED) is 0.838. The van der Waals surface area contributed by atoms with Crippen molar-refractivity contribution >= 4 is 21.4 Å². The molecular formula is C11H18F2N2O2S2. The second-order valence-electron chi connectivity index (χ2n) is 4.09. The van der Waals surface area contributed by atoms with Gasteiger partial charge in [0.25, 0.3) is 6.43 Å². The topological polar surface area (TPSA) is 49.4 Å². The van der Waals surface area contributed by atoms with Crippen LogP contribution in [0.15, 0.2) is 11.0 Å². The summed E-state index contributed by atoms with van der Waals surface area (Å²) in [5.41, 5.74) is 0. The van der Waals surface area contributed by atoms with E-state index in [4.69, 9.17) is 0 Å². The molecule has 0 aromatic carbocycles. The maximum Gasteiger partial charge on any atom is 0.252 e. The van der Waals surface area contributed by atoms with Crippen molar-refractivity contribution in [1.29, 1.82) is 0 Å². The third kappa shape index (κ3) is 4.20. The molecule has 0 aliphatic carbocycles. The molecule has 4 nitrogen and oxygen atoms in total. The third-order valence-corrected chi connectivity index (χ3v) is 5.69. The molecule has 0 fully saturated rings. The Morgan fingerprint density at radius 1 is 1.47 bits per heavy atom. The van der Waals surface area contributed by atoms with Gasteiger partial charge in [-0.3, -0.25) is 0 Å². The van der Waals surface area contributed by atoms with Gasteiger partial charge in [0, 0.05) is 23.3 Å². The molecule has 0 saturated carbocycles. The lowest BCUT2D eigenvalue weighted by Gasteiger charge is -2.16. The van der Waals surface area contributed by atoms with E-state index in [1.54, 1.807) is 13.0 Å². The van der Waals surface area contributed by atoms with Crippen LogP contribution >= 0.6 is 11.3 Å². The van der Waals surface area contributed by atoms with E-state index in [0.717, 1.165) is 11.4 Å². The lowest BCUT2D eigenvalue weighted by atomic mass is 10.4. The molecule has 0 bridgehead atoms. The Morgan fingerprint density at radius 3 is 2.63 bits per heavy atom. The van der Waals surface area contributed by atoms with Crippen molar-refractivity contribution in [1.82, 2.24) is 9.62 Å². The molecule has 0 aliphatic heterocycles. The Labute approximate surface area is 116 Å². The smallest absolute Gasteiger partial charge is 0.252 e. The van der Waals surface area contributed by atoms with Crippen molar-refractivity contribution in [2.24, 2.45) is 0 Å². The van der Waals surface area contributed by atoms with Crippen molar-refractivity contribution in [3.8, 4) is 0 Å². The van der Waals surface area contributed by atoms with Crippen LogP contribution < -0.4 is 5.32 Å². The zero-order valence-corrected chi connectivity index (χ0v) is 12.7. The monoisotopic (exact) mass is 312 g/mol. The second-order valence-corrected chi connectivity index (χ2v) is 7.44. The van der Waals surface area contributed by atoms with E-state index >= 15 is 0 Å². The predicted molar refractivity (Wildman–Crippen MR) is 72.3 cm³/mol. The van der Waals surface area contributed by atoms with Crippen LogP contribution in [0, 0.1) is 6.92 Å². The van der Waals surface area contributed by atoms with Gasteiger partial charge < -0.3 is 5.32 Å². The fraction of sp³-hybridized carbons (Fsp3) is 0.636. The molecule has 1 N–H and O–H groups in total. The van der Waals surface area contributed by atoms with Gasteiger partial charge in [0.2, 0.25) is 10.0 Å². The predicted octanol–water partition coefficient (Wildman–Crippen LogP) is 2.05. The summed E-state index contributed by atoms with van der Waals surface area (Å²) in [6.45, 7) is 4.21. The molecule has 0 radical (unpaired) electrons. The fourth-order valence-corrected chi connectivity index (χ4v) is 4.29. The first-order valence-corrected chi connectivity index (χ1v) is 8.09. The highest BCUT2D eigenvalue weighted by molar-refractivity contribution is 7.89. The molecule has 110 valence electrons. The molecule has 19 heavy (non-hydrogen) atoms. The van der Waals surface area contributed by atoms with Gasteiger partial charge >= 0.3 is 0 Å². The number of nitrogens with zero attached hydrogens (tertiary/aromatic N) is 1. The van der Waals surface area contributed by atoms with Crippen molar-refractivity contribution in [3.05, 3.63) is 15.8 Å². The number of alkyl halides is 2. The van der Waals surface area contributed by atoms with Crippen molar-refractivity contribution < 1.29 is 17.2 Å². The summed E-state index contributed by atoms with van der Waals surface area (Å²) in [5.74, 6) is 0. The number of halogens is 2. The van der Waals surface area contributed by atoms with Crippen LogP contribution in [0.5, 0.6) is 0 Å². The van der Waals surface area contributed by atoms with E-state index in [1.165, 1.54) is 18.4 Å². The van der Waals surface area contributed by atoms with Crippen LogP contribution in [0.1, 0.15) is 16.7 Å². The van der Waals surface area contributed by atoms with Crippen LogP contribution in [0.3, 0.4) is 0 Å². The lowest BCUT2D eigenvalue weighted by Crippen LogP contribution is -2.31. The molecule has 1 aromatic heterocycles. The standard InChI is InChI=1S/C11H18F2N2O2S2/c1-4-14-6-9-5-10(8(2)18-9)19(16,17)15(3)7-11(12)13/h5,11,14H,4,6-7H2,1-3H3. The summed E-state index contributed by atoms with van der Waals surface area (Å²) >= 11 is 1.36. The van der Waals surface area contributed by atoms with Crippen LogP contribution in [0.25, 0.3) is 0 Å². The Morgan fingerprint density at radius 2 is 2.11 bits per heavy atom. The largest absolute Gasteiger partial charge is 0.312 e. The van der Waals surface area contributed by atoms with E-state index < -0.39 is 23.0 Å². The molecule has 0 unspecified atom stereocenters.